The lowest BCUT2D eigenvalue weighted by molar-refractivity contribution is -0.0587. The van der Waals surface area contributed by atoms with Gasteiger partial charge < -0.3 is 14.4 Å². The summed E-state index contributed by atoms with van der Waals surface area (Å²) in [4.78, 5) is 14.0. The Morgan fingerprint density at radius 3 is 2.60 bits per heavy atom. The standard InChI is InChI=1S/C14H17F2NO3/c1-9-7-17(8-10(2)19-9)13(18)11-4-3-5-12(6-11)20-14(15)16/h3-6,9-10,14H,7-8H2,1-2H3/t9-,10+. The molecule has 1 aliphatic rings. The normalized spacial score (nSPS) is 22.9. The highest BCUT2D eigenvalue weighted by Gasteiger charge is 2.26. The number of hydrogen-bond donors (Lipinski definition) is 0. The van der Waals surface area contributed by atoms with Crippen LogP contribution in [0.3, 0.4) is 0 Å². The Morgan fingerprint density at radius 2 is 2.00 bits per heavy atom. The zero-order valence-corrected chi connectivity index (χ0v) is 11.4. The molecule has 1 heterocycles. The van der Waals surface area contributed by atoms with Crippen molar-refractivity contribution < 1.29 is 23.0 Å². The molecule has 0 bridgehead atoms. The minimum Gasteiger partial charge on any atom is -0.435 e. The van der Waals surface area contributed by atoms with E-state index in [4.69, 9.17) is 4.74 Å². The molecule has 4 nitrogen and oxygen atoms in total. The van der Waals surface area contributed by atoms with Gasteiger partial charge in [0.15, 0.2) is 0 Å². The van der Waals surface area contributed by atoms with E-state index in [9.17, 15) is 13.6 Å². The lowest BCUT2D eigenvalue weighted by Gasteiger charge is -2.35. The molecule has 0 saturated carbocycles. The molecule has 110 valence electrons. The van der Waals surface area contributed by atoms with Gasteiger partial charge in [-0.05, 0) is 32.0 Å². The lowest BCUT2D eigenvalue weighted by atomic mass is 10.1. The fraction of sp³-hybridized carbons (Fsp3) is 0.500. The molecule has 2 atom stereocenters. The molecule has 0 aliphatic carbocycles. The first-order chi connectivity index (χ1) is 9.45. The second kappa shape index (κ2) is 6.17. The summed E-state index contributed by atoms with van der Waals surface area (Å²) in [6, 6.07) is 5.84. The molecule has 1 fully saturated rings. The van der Waals surface area contributed by atoms with Crippen LogP contribution < -0.4 is 4.74 Å². The van der Waals surface area contributed by atoms with Gasteiger partial charge in [0.25, 0.3) is 5.91 Å². The summed E-state index contributed by atoms with van der Waals surface area (Å²) in [5, 5.41) is 0. The molecule has 1 aromatic carbocycles. The van der Waals surface area contributed by atoms with E-state index in [0.717, 1.165) is 0 Å². The van der Waals surface area contributed by atoms with Crippen molar-refractivity contribution in [3.05, 3.63) is 29.8 Å². The highest BCUT2D eigenvalue weighted by Crippen LogP contribution is 2.19. The minimum absolute atomic E-state index is 0.0137. The number of rotatable bonds is 3. The zero-order valence-electron chi connectivity index (χ0n) is 11.4. The minimum atomic E-state index is -2.90. The zero-order chi connectivity index (χ0) is 14.7. The number of alkyl halides is 2. The van der Waals surface area contributed by atoms with Gasteiger partial charge in [-0.15, -0.1) is 0 Å². The maximum absolute atomic E-state index is 12.4. The van der Waals surface area contributed by atoms with Crippen molar-refractivity contribution in [2.45, 2.75) is 32.7 Å². The summed E-state index contributed by atoms with van der Waals surface area (Å²) in [7, 11) is 0. The van der Waals surface area contributed by atoms with Gasteiger partial charge in [0.05, 0.1) is 12.2 Å². The van der Waals surface area contributed by atoms with Gasteiger partial charge in [0, 0.05) is 18.7 Å². The van der Waals surface area contributed by atoms with Crippen molar-refractivity contribution >= 4 is 5.91 Å². The molecular weight excluding hydrogens is 268 g/mol. The molecule has 1 aliphatic heterocycles. The van der Waals surface area contributed by atoms with E-state index >= 15 is 0 Å². The predicted octanol–water partition coefficient (Wildman–Crippen LogP) is 2.54. The van der Waals surface area contributed by atoms with Crippen LogP contribution in [0.15, 0.2) is 24.3 Å². The SMILES string of the molecule is C[C@@H]1CN(C(=O)c2cccc(OC(F)F)c2)C[C@H](C)O1. The Kier molecular flexibility index (Phi) is 4.54. The lowest BCUT2D eigenvalue weighted by Crippen LogP contribution is -2.48. The van der Waals surface area contributed by atoms with E-state index in [2.05, 4.69) is 4.74 Å². The van der Waals surface area contributed by atoms with Crippen LogP contribution >= 0.6 is 0 Å². The van der Waals surface area contributed by atoms with Crippen molar-refractivity contribution in [2.24, 2.45) is 0 Å². The first kappa shape index (κ1) is 14.7. The summed E-state index contributed by atoms with van der Waals surface area (Å²) in [5.41, 5.74) is 0.337. The van der Waals surface area contributed by atoms with Gasteiger partial charge in [-0.2, -0.15) is 8.78 Å². The fourth-order valence-corrected chi connectivity index (χ4v) is 2.33. The predicted molar refractivity (Wildman–Crippen MR) is 69.0 cm³/mol. The molecule has 1 aromatic rings. The van der Waals surface area contributed by atoms with E-state index in [-0.39, 0.29) is 23.9 Å². The number of ether oxygens (including phenoxy) is 2. The average Bonchev–Trinajstić information content (AvgIpc) is 2.36. The number of hydrogen-bond acceptors (Lipinski definition) is 3. The number of morpholine rings is 1. The highest BCUT2D eigenvalue weighted by atomic mass is 19.3. The van der Waals surface area contributed by atoms with Crippen LogP contribution in [0.1, 0.15) is 24.2 Å². The van der Waals surface area contributed by atoms with Crippen LogP contribution in [0, 0.1) is 0 Å². The topological polar surface area (TPSA) is 38.8 Å². The first-order valence-corrected chi connectivity index (χ1v) is 6.45. The van der Waals surface area contributed by atoms with E-state index < -0.39 is 6.61 Å². The molecule has 6 heteroatoms. The number of carbonyl (C=O) groups is 1. The number of halogens is 2. The fourth-order valence-electron chi connectivity index (χ4n) is 2.33. The Bertz CT molecular complexity index is 471. The van der Waals surface area contributed by atoms with Crippen LogP contribution in [0.2, 0.25) is 0 Å². The summed E-state index contributed by atoms with van der Waals surface area (Å²) in [5.74, 6) is -0.216. The number of benzene rings is 1. The molecule has 0 aromatic heterocycles. The van der Waals surface area contributed by atoms with Gasteiger partial charge in [-0.3, -0.25) is 4.79 Å². The van der Waals surface area contributed by atoms with E-state index in [1.165, 1.54) is 18.2 Å². The van der Waals surface area contributed by atoms with Crippen LogP contribution in [0.25, 0.3) is 0 Å². The first-order valence-electron chi connectivity index (χ1n) is 6.45. The van der Waals surface area contributed by atoms with Gasteiger partial charge >= 0.3 is 6.61 Å². The van der Waals surface area contributed by atoms with E-state index in [0.29, 0.717) is 18.7 Å². The maximum Gasteiger partial charge on any atom is 0.387 e. The summed E-state index contributed by atoms with van der Waals surface area (Å²) < 4.78 is 34.2. The summed E-state index contributed by atoms with van der Waals surface area (Å²) in [6.07, 6.45) is -0.0774. The second-order valence-electron chi connectivity index (χ2n) is 4.87. The van der Waals surface area contributed by atoms with Crippen molar-refractivity contribution in [1.82, 2.24) is 4.90 Å². The number of amides is 1. The Hall–Kier alpha value is -1.69. The second-order valence-corrected chi connectivity index (χ2v) is 4.87. The molecule has 0 N–H and O–H groups in total. The Labute approximate surface area is 116 Å². The van der Waals surface area contributed by atoms with Crippen molar-refractivity contribution in [2.75, 3.05) is 13.1 Å². The molecular formula is C14H17F2NO3. The Balaban J connectivity index is 2.12. The van der Waals surface area contributed by atoms with Crippen molar-refractivity contribution in [1.29, 1.82) is 0 Å². The Morgan fingerprint density at radius 1 is 1.35 bits per heavy atom. The van der Waals surface area contributed by atoms with E-state index in [1.54, 1.807) is 11.0 Å². The van der Waals surface area contributed by atoms with Gasteiger partial charge in [-0.25, -0.2) is 0 Å². The van der Waals surface area contributed by atoms with Crippen LogP contribution in [-0.4, -0.2) is 42.7 Å². The molecule has 2 rings (SSSR count). The van der Waals surface area contributed by atoms with Crippen LogP contribution in [-0.2, 0) is 4.74 Å². The van der Waals surface area contributed by atoms with Crippen molar-refractivity contribution in [3.8, 4) is 5.75 Å². The molecule has 0 radical (unpaired) electrons. The van der Waals surface area contributed by atoms with Gasteiger partial charge in [0.2, 0.25) is 0 Å². The third-order valence-corrected chi connectivity index (χ3v) is 3.01. The molecule has 1 amide bonds. The van der Waals surface area contributed by atoms with E-state index in [1.807, 2.05) is 13.8 Å². The summed E-state index contributed by atoms with van der Waals surface area (Å²) >= 11 is 0. The number of nitrogens with zero attached hydrogens (tertiary/aromatic N) is 1. The third-order valence-electron chi connectivity index (χ3n) is 3.01. The molecule has 1 saturated heterocycles. The molecule has 20 heavy (non-hydrogen) atoms. The maximum atomic E-state index is 12.4. The number of carbonyl (C=O) groups excluding carboxylic acids is 1. The van der Waals surface area contributed by atoms with Gasteiger partial charge in [0.1, 0.15) is 5.75 Å². The summed E-state index contributed by atoms with van der Waals surface area (Å²) in [6.45, 7) is 1.87. The quantitative estimate of drug-likeness (QED) is 0.856. The molecule has 0 unspecified atom stereocenters. The van der Waals surface area contributed by atoms with Gasteiger partial charge in [-0.1, -0.05) is 6.07 Å². The third kappa shape index (κ3) is 3.66. The van der Waals surface area contributed by atoms with Crippen LogP contribution in [0.4, 0.5) is 8.78 Å². The van der Waals surface area contributed by atoms with Crippen molar-refractivity contribution in [3.63, 3.8) is 0 Å². The monoisotopic (exact) mass is 285 g/mol. The molecule has 0 spiro atoms. The van der Waals surface area contributed by atoms with Crippen LogP contribution in [0.5, 0.6) is 5.75 Å². The average molecular weight is 285 g/mol. The highest BCUT2D eigenvalue weighted by molar-refractivity contribution is 5.94. The largest absolute Gasteiger partial charge is 0.435 e. The smallest absolute Gasteiger partial charge is 0.387 e.